The summed E-state index contributed by atoms with van der Waals surface area (Å²) in [4.78, 5) is 0. The van der Waals surface area contributed by atoms with Gasteiger partial charge in [-0.05, 0) is 33.2 Å². The van der Waals surface area contributed by atoms with Gasteiger partial charge in [-0.2, -0.15) is 0 Å². The average Bonchev–Trinajstić information content (AvgIpc) is 2.70. The minimum atomic E-state index is -2.92. The molecule has 0 aromatic carbocycles. The Bertz CT molecular complexity index is 281. The van der Waals surface area contributed by atoms with E-state index in [1.807, 2.05) is 20.8 Å². The van der Waals surface area contributed by atoms with Crippen LogP contribution in [0.4, 0.5) is 0 Å². The summed E-state index contributed by atoms with van der Waals surface area (Å²) in [5.41, 5.74) is 0. The second-order valence-corrected chi connectivity index (χ2v) is 7.14. The third-order valence-electron chi connectivity index (χ3n) is 3.52. The second-order valence-electron chi connectivity index (χ2n) is 4.55. The van der Waals surface area contributed by atoms with E-state index in [0.717, 1.165) is 32.2 Å². The fraction of sp³-hybridized carbons (Fsp3) is 1.00. The quantitative estimate of drug-likeness (QED) is 0.786. The topological polar surface area (TPSA) is 46.2 Å². The predicted molar refractivity (Wildman–Crippen MR) is 63.8 cm³/mol. The summed E-state index contributed by atoms with van der Waals surface area (Å²) < 4.78 is 24.4. The van der Waals surface area contributed by atoms with Gasteiger partial charge in [-0.25, -0.2) is 8.42 Å². The summed E-state index contributed by atoms with van der Waals surface area (Å²) in [7, 11) is -2.92. The van der Waals surface area contributed by atoms with Crippen LogP contribution < -0.4 is 5.32 Å². The predicted octanol–water partition coefficient (Wildman–Crippen LogP) is 1.73. The number of nitrogens with one attached hydrogen (secondary N) is 1. The van der Waals surface area contributed by atoms with E-state index in [4.69, 9.17) is 0 Å². The van der Waals surface area contributed by atoms with E-state index in [9.17, 15) is 8.42 Å². The molecule has 0 saturated heterocycles. The van der Waals surface area contributed by atoms with Crippen LogP contribution in [0.5, 0.6) is 0 Å². The minimum absolute atomic E-state index is 0.0561. The van der Waals surface area contributed by atoms with Gasteiger partial charge in [0.05, 0.1) is 10.5 Å². The molecule has 0 spiro atoms. The highest BCUT2D eigenvalue weighted by molar-refractivity contribution is 7.92. The van der Waals surface area contributed by atoms with Crippen LogP contribution in [0.2, 0.25) is 0 Å². The van der Waals surface area contributed by atoms with Crippen LogP contribution in [0.1, 0.15) is 46.5 Å². The van der Waals surface area contributed by atoms with Crippen LogP contribution >= 0.6 is 0 Å². The molecule has 0 aromatic heterocycles. The van der Waals surface area contributed by atoms with Gasteiger partial charge in [0.1, 0.15) is 0 Å². The molecule has 15 heavy (non-hydrogen) atoms. The van der Waals surface area contributed by atoms with E-state index in [2.05, 4.69) is 5.32 Å². The van der Waals surface area contributed by atoms with Gasteiger partial charge in [0.25, 0.3) is 0 Å². The number of rotatable bonds is 5. The smallest absolute Gasteiger partial charge is 0.157 e. The second kappa shape index (κ2) is 5.30. The van der Waals surface area contributed by atoms with Gasteiger partial charge in [-0.3, -0.25) is 0 Å². The summed E-state index contributed by atoms with van der Waals surface area (Å²) in [6.45, 7) is 6.62. The first-order valence-electron chi connectivity index (χ1n) is 5.96. The molecule has 90 valence electrons. The molecule has 1 saturated carbocycles. The van der Waals surface area contributed by atoms with E-state index in [1.165, 1.54) is 0 Å². The van der Waals surface area contributed by atoms with Gasteiger partial charge in [0.2, 0.25) is 0 Å². The van der Waals surface area contributed by atoms with Crippen LogP contribution in [0.25, 0.3) is 0 Å². The van der Waals surface area contributed by atoms with Crippen LogP contribution in [-0.4, -0.2) is 31.5 Å². The average molecular weight is 233 g/mol. The Morgan fingerprint density at radius 3 is 2.27 bits per heavy atom. The molecule has 1 rings (SSSR count). The third-order valence-corrected chi connectivity index (χ3v) is 6.36. The number of hydrogen-bond donors (Lipinski definition) is 1. The zero-order valence-electron chi connectivity index (χ0n) is 9.99. The van der Waals surface area contributed by atoms with Crippen molar-refractivity contribution >= 4 is 9.84 Å². The van der Waals surface area contributed by atoms with Crippen LogP contribution in [0.15, 0.2) is 0 Å². The first-order chi connectivity index (χ1) is 7.00. The van der Waals surface area contributed by atoms with Gasteiger partial charge in [-0.1, -0.05) is 19.8 Å². The molecule has 4 heteroatoms. The molecular formula is C11H23NO2S. The van der Waals surface area contributed by atoms with Crippen LogP contribution in [-0.2, 0) is 9.84 Å². The molecule has 0 aliphatic heterocycles. The van der Waals surface area contributed by atoms with Gasteiger partial charge in [0.15, 0.2) is 9.84 Å². The molecule has 1 N–H and O–H groups in total. The molecule has 2 atom stereocenters. The molecule has 1 fully saturated rings. The highest BCUT2D eigenvalue weighted by Gasteiger charge is 2.35. The Balaban J connectivity index is 2.67. The highest BCUT2D eigenvalue weighted by atomic mass is 32.2. The molecule has 0 aromatic rings. The molecule has 3 nitrogen and oxygen atoms in total. The molecule has 0 amide bonds. The Labute approximate surface area is 93.6 Å². The summed E-state index contributed by atoms with van der Waals surface area (Å²) in [6, 6.07) is 0.0561. The lowest BCUT2D eigenvalue weighted by Gasteiger charge is -2.24. The SMILES string of the molecule is CCNC(C)C(C)S(=O)(=O)C1CCCC1. The maximum absolute atomic E-state index is 12.2. The minimum Gasteiger partial charge on any atom is -0.313 e. The summed E-state index contributed by atoms with van der Waals surface area (Å²) >= 11 is 0. The van der Waals surface area contributed by atoms with E-state index in [0.29, 0.717) is 0 Å². The standard InChI is InChI=1S/C11H23NO2S/c1-4-12-9(2)10(3)15(13,14)11-7-5-6-8-11/h9-12H,4-8H2,1-3H3. The summed E-state index contributed by atoms with van der Waals surface area (Å²) in [6.07, 6.45) is 3.88. The fourth-order valence-electron chi connectivity index (χ4n) is 2.29. The zero-order valence-corrected chi connectivity index (χ0v) is 10.8. The molecule has 1 aliphatic carbocycles. The Kier molecular flexibility index (Phi) is 4.59. The lowest BCUT2D eigenvalue weighted by molar-refractivity contribution is 0.512. The van der Waals surface area contributed by atoms with Gasteiger partial charge in [0, 0.05) is 6.04 Å². The Morgan fingerprint density at radius 1 is 1.27 bits per heavy atom. The lowest BCUT2D eigenvalue weighted by Crippen LogP contribution is -2.43. The van der Waals surface area contributed by atoms with Crippen molar-refractivity contribution < 1.29 is 8.42 Å². The largest absolute Gasteiger partial charge is 0.313 e. The molecule has 0 bridgehead atoms. The first kappa shape index (κ1) is 13.0. The number of hydrogen-bond acceptors (Lipinski definition) is 3. The van der Waals surface area contributed by atoms with Crippen LogP contribution in [0.3, 0.4) is 0 Å². The molecule has 2 unspecified atom stereocenters. The monoisotopic (exact) mass is 233 g/mol. The lowest BCUT2D eigenvalue weighted by atomic mass is 10.2. The maximum atomic E-state index is 12.2. The van der Waals surface area contributed by atoms with Gasteiger partial charge in [-0.15, -0.1) is 0 Å². The van der Waals surface area contributed by atoms with E-state index < -0.39 is 9.84 Å². The van der Waals surface area contributed by atoms with Crippen molar-refractivity contribution in [3.05, 3.63) is 0 Å². The van der Waals surface area contributed by atoms with Crippen molar-refractivity contribution in [2.45, 2.75) is 63.0 Å². The normalized spacial score (nSPS) is 22.9. The van der Waals surface area contributed by atoms with Crippen molar-refractivity contribution in [1.82, 2.24) is 5.32 Å². The van der Waals surface area contributed by atoms with Crippen molar-refractivity contribution in [3.8, 4) is 0 Å². The van der Waals surface area contributed by atoms with E-state index in [-0.39, 0.29) is 16.5 Å². The fourth-order valence-corrected chi connectivity index (χ4v) is 4.56. The van der Waals surface area contributed by atoms with E-state index >= 15 is 0 Å². The molecular weight excluding hydrogens is 210 g/mol. The van der Waals surface area contributed by atoms with Crippen LogP contribution in [0, 0.1) is 0 Å². The van der Waals surface area contributed by atoms with Gasteiger partial charge >= 0.3 is 0 Å². The Hall–Kier alpha value is -0.0900. The molecule has 0 heterocycles. The highest BCUT2D eigenvalue weighted by Crippen LogP contribution is 2.28. The van der Waals surface area contributed by atoms with Gasteiger partial charge < -0.3 is 5.32 Å². The molecule has 1 aliphatic rings. The zero-order chi connectivity index (χ0) is 11.5. The first-order valence-corrected chi connectivity index (χ1v) is 7.57. The number of sulfone groups is 1. The van der Waals surface area contributed by atoms with E-state index in [1.54, 1.807) is 0 Å². The maximum Gasteiger partial charge on any atom is 0.157 e. The van der Waals surface area contributed by atoms with Crippen molar-refractivity contribution in [1.29, 1.82) is 0 Å². The van der Waals surface area contributed by atoms with Crippen molar-refractivity contribution in [2.24, 2.45) is 0 Å². The van der Waals surface area contributed by atoms with Crippen molar-refractivity contribution in [3.63, 3.8) is 0 Å². The Morgan fingerprint density at radius 2 is 1.80 bits per heavy atom. The summed E-state index contributed by atoms with van der Waals surface area (Å²) in [5, 5.41) is 2.86. The molecule has 0 radical (unpaired) electrons. The summed E-state index contributed by atoms with van der Waals surface area (Å²) in [5.74, 6) is 0. The van der Waals surface area contributed by atoms with Crippen molar-refractivity contribution in [2.75, 3.05) is 6.54 Å². The third kappa shape index (κ3) is 2.94.